The maximum atomic E-state index is 11.8. The van der Waals surface area contributed by atoms with Crippen LogP contribution >= 0.6 is 0 Å². The van der Waals surface area contributed by atoms with E-state index >= 15 is 0 Å². The van der Waals surface area contributed by atoms with Crippen LogP contribution < -0.4 is 5.43 Å². The molecule has 1 aliphatic rings. The Bertz CT molecular complexity index is 487. The average Bonchev–Trinajstić information content (AvgIpc) is 2.42. The third-order valence-corrected chi connectivity index (χ3v) is 3.61. The standard InChI is InChI=1S/C14H18O2/c1-4-10-8-12-11(5-6-14(12,3)16)9(2)7-13(10)15/h7-8,16H,4-6H2,1-3H3/t14-/m0/s1. The molecule has 1 N–H and O–H groups in total. The van der Waals surface area contributed by atoms with Gasteiger partial charge in [-0.1, -0.05) is 6.92 Å². The molecule has 2 heteroatoms. The Labute approximate surface area is 95.9 Å². The number of fused-ring (bicyclic) bond motifs is 1. The van der Waals surface area contributed by atoms with E-state index in [1.807, 2.05) is 26.8 Å². The van der Waals surface area contributed by atoms with Crippen LogP contribution in [0.5, 0.6) is 0 Å². The molecule has 86 valence electrons. The summed E-state index contributed by atoms with van der Waals surface area (Å²) in [7, 11) is 0. The molecule has 16 heavy (non-hydrogen) atoms. The lowest BCUT2D eigenvalue weighted by Gasteiger charge is -2.16. The van der Waals surface area contributed by atoms with Gasteiger partial charge in [0, 0.05) is 0 Å². The summed E-state index contributed by atoms with van der Waals surface area (Å²) in [4.78, 5) is 11.8. The maximum Gasteiger partial charge on any atom is 0.182 e. The van der Waals surface area contributed by atoms with Gasteiger partial charge in [0.1, 0.15) is 0 Å². The van der Waals surface area contributed by atoms with Crippen LogP contribution in [0.25, 0.3) is 0 Å². The van der Waals surface area contributed by atoms with Crippen LogP contribution in [-0.4, -0.2) is 5.11 Å². The summed E-state index contributed by atoms with van der Waals surface area (Å²) in [5, 5.41) is 10.3. The van der Waals surface area contributed by atoms with Gasteiger partial charge in [-0.25, -0.2) is 0 Å². The van der Waals surface area contributed by atoms with Crippen LogP contribution in [0.3, 0.4) is 0 Å². The van der Waals surface area contributed by atoms with Crippen molar-refractivity contribution in [1.29, 1.82) is 0 Å². The lowest BCUT2D eigenvalue weighted by molar-refractivity contribution is 0.0594. The third-order valence-electron chi connectivity index (χ3n) is 3.61. The first-order valence-corrected chi connectivity index (χ1v) is 5.85. The Morgan fingerprint density at radius 3 is 2.75 bits per heavy atom. The Kier molecular flexibility index (Phi) is 2.62. The first kappa shape index (κ1) is 11.3. The molecule has 1 aromatic carbocycles. The summed E-state index contributed by atoms with van der Waals surface area (Å²) >= 11 is 0. The molecule has 1 atom stereocenters. The van der Waals surface area contributed by atoms with Crippen LogP contribution in [0, 0.1) is 6.92 Å². The molecule has 0 unspecified atom stereocenters. The van der Waals surface area contributed by atoms with E-state index < -0.39 is 5.60 Å². The lowest BCUT2D eigenvalue weighted by atomic mass is 9.98. The quantitative estimate of drug-likeness (QED) is 0.783. The average molecular weight is 218 g/mol. The minimum Gasteiger partial charge on any atom is -0.385 e. The Balaban J connectivity index is 2.80. The van der Waals surface area contributed by atoms with Crippen LogP contribution in [0.4, 0.5) is 0 Å². The second-order valence-corrected chi connectivity index (χ2v) is 4.88. The van der Waals surface area contributed by atoms with E-state index in [9.17, 15) is 9.90 Å². The van der Waals surface area contributed by atoms with Crippen LogP contribution in [0.2, 0.25) is 0 Å². The largest absolute Gasteiger partial charge is 0.385 e. The Morgan fingerprint density at radius 2 is 2.12 bits per heavy atom. The SMILES string of the molecule is CCc1cc2c(c(C)cc1=O)CC[C@]2(C)O. The molecule has 0 radical (unpaired) electrons. The van der Waals surface area contributed by atoms with Crippen molar-refractivity contribution in [3.63, 3.8) is 0 Å². The van der Waals surface area contributed by atoms with Gasteiger partial charge >= 0.3 is 0 Å². The summed E-state index contributed by atoms with van der Waals surface area (Å²) < 4.78 is 0. The number of aliphatic hydroxyl groups is 1. The first-order chi connectivity index (χ1) is 7.45. The number of hydrogen-bond donors (Lipinski definition) is 1. The van der Waals surface area contributed by atoms with E-state index in [2.05, 4.69) is 0 Å². The molecule has 2 rings (SSSR count). The fourth-order valence-electron chi connectivity index (χ4n) is 2.51. The molecule has 1 aromatic rings. The van der Waals surface area contributed by atoms with Crippen LogP contribution in [0.15, 0.2) is 16.9 Å². The number of aryl methyl sites for hydroxylation is 2. The molecular formula is C14H18O2. The van der Waals surface area contributed by atoms with Gasteiger partial charge < -0.3 is 5.11 Å². The highest BCUT2D eigenvalue weighted by atomic mass is 16.3. The van der Waals surface area contributed by atoms with Crippen molar-refractivity contribution in [3.8, 4) is 0 Å². The highest BCUT2D eigenvalue weighted by Crippen LogP contribution is 2.37. The first-order valence-electron chi connectivity index (χ1n) is 5.85. The van der Waals surface area contributed by atoms with Gasteiger partial charge in [0.15, 0.2) is 5.43 Å². The maximum absolute atomic E-state index is 11.8. The molecule has 0 fully saturated rings. The van der Waals surface area contributed by atoms with Crippen molar-refractivity contribution in [1.82, 2.24) is 0 Å². The summed E-state index contributed by atoms with van der Waals surface area (Å²) in [6.07, 6.45) is 2.34. The molecule has 1 aliphatic carbocycles. The van der Waals surface area contributed by atoms with Gasteiger partial charge in [-0.05, 0) is 67.5 Å². The van der Waals surface area contributed by atoms with Gasteiger partial charge in [0.2, 0.25) is 0 Å². The summed E-state index contributed by atoms with van der Waals surface area (Å²) in [6.45, 7) is 5.77. The summed E-state index contributed by atoms with van der Waals surface area (Å²) in [5.74, 6) is 0. The monoisotopic (exact) mass is 218 g/mol. The van der Waals surface area contributed by atoms with Crippen LogP contribution in [-0.2, 0) is 18.4 Å². The molecular weight excluding hydrogens is 200 g/mol. The smallest absolute Gasteiger partial charge is 0.182 e. The zero-order valence-electron chi connectivity index (χ0n) is 10.1. The second kappa shape index (κ2) is 3.70. The summed E-state index contributed by atoms with van der Waals surface area (Å²) in [6, 6.07) is 3.61. The molecule has 0 spiro atoms. The zero-order valence-corrected chi connectivity index (χ0v) is 10.1. The summed E-state index contributed by atoms with van der Waals surface area (Å²) in [5.41, 5.74) is 3.23. The molecule has 0 amide bonds. The van der Waals surface area contributed by atoms with Crippen LogP contribution in [0.1, 0.15) is 42.5 Å². The van der Waals surface area contributed by atoms with Crippen molar-refractivity contribution in [2.75, 3.05) is 0 Å². The number of hydrogen-bond acceptors (Lipinski definition) is 2. The molecule has 2 nitrogen and oxygen atoms in total. The predicted molar refractivity (Wildman–Crippen MR) is 64.7 cm³/mol. The molecule has 0 bridgehead atoms. The zero-order chi connectivity index (χ0) is 11.9. The highest BCUT2D eigenvalue weighted by Gasteiger charge is 2.32. The van der Waals surface area contributed by atoms with E-state index in [0.29, 0.717) is 0 Å². The minimum atomic E-state index is -0.768. The van der Waals surface area contributed by atoms with Crippen molar-refractivity contribution >= 4 is 0 Å². The van der Waals surface area contributed by atoms with E-state index in [1.165, 1.54) is 0 Å². The van der Waals surface area contributed by atoms with E-state index in [1.54, 1.807) is 6.07 Å². The van der Waals surface area contributed by atoms with Gasteiger partial charge in [-0.15, -0.1) is 0 Å². The van der Waals surface area contributed by atoms with Gasteiger partial charge in [0.05, 0.1) is 5.60 Å². The van der Waals surface area contributed by atoms with Crippen molar-refractivity contribution in [2.24, 2.45) is 0 Å². The second-order valence-electron chi connectivity index (χ2n) is 4.88. The Morgan fingerprint density at radius 1 is 1.44 bits per heavy atom. The normalized spacial score (nSPS) is 23.2. The molecule has 0 saturated heterocycles. The van der Waals surface area contributed by atoms with Crippen molar-refractivity contribution in [2.45, 2.75) is 45.6 Å². The van der Waals surface area contributed by atoms with E-state index in [-0.39, 0.29) is 5.43 Å². The predicted octanol–water partition coefficient (Wildman–Crippen LogP) is 2.07. The van der Waals surface area contributed by atoms with E-state index in [4.69, 9.17) is 0 Å². The van der Waals surface area contributed by atoms with E-state index in [0.717, 1.165) is 41.5 Å². The molecule has 0 aromatic heterocycles. The van der Waals surface area contributed by atoms with Crippen molar-refractivity contribution < 1.29 is 5.11 Å². The van der Waals surface area contributed by atoms with Gasteiger partial charge in [-0.3, -0.25) is 4.79 Å². The minimum absolute atomic E-state index is 0.0881. The fraction of sp³-hybridized carbons (Fsp3) is 0.500. The molecule has 0 saturated carbocycles. The van der Waals surface area contributed by atoms with Crippen molar-refractivity contribution in [3.05, 3.63) is 44.6 Å². The highest BCUT2D eigenvalue weighted by molar-refractivity contribution is 5.42. The lowest BCUT2D eigenvalue weighted by Crippen LogP contribution is -2.16. The fourth-order valence-corrected chi connectivity index (χ4v) is 2.51. The van der Waals surface area contributed by atoms with Gasteiger partial charge in [0.25, 0.3) is 0 Å². The Hall–Kier alpha value is -1.15. The topological polar surface area (TPSA) is 37.3 Å². The molecule has 0 heterocycles. The molecule has 0 aliphatic heterocycles. The third kappa shape index (κ3) is 1.67. The van der Waals surface area contributed by atoms with Gasteiger partial charge in [-0.2, -0.15) is 0 Å². The number of rotatable bonds is 1.